The molecule has 0 aromatic rings. The predicted molar refractivity (Wildman–Crippen MR) is 51.1 cm³/mol. The highest BCUT2D eigenvalue weighted by atomic mass is 31.2. The molecule has 7 nitrogen and oxygen atoms in total. The Bertz CT molecular complexity index is 198. The Balaban J connectivity index is 4.06. The lowest BCUT2D eigenvalue weighted by molar-refractivity contribution is -0.142. The molecule has 0 spiro atoms. The SMILES string of the molecule is CP(O)OC[C@@H](O)[C@H](O)[C@H](O)C(=O)CO. The summed E-state index contributed by atoms with van der Waals surface area (Å²) in [6.07, 6.45) is -5.12. The lowest BCUT2D eigenvalue weighted by Crippen LogP contribution is -2.45. The van der Waals surface area contributed by atoms with Crippen molar-refractivity contribution in [1.82, 2.24) is 0 Å². The van der Waals surface area contributed by atoms with E-state index in [9.17, 15) is 15.0 Å². The molecule has 5 N–H and O–H groups in total. The number of rotatable bonds is 7. The van der Waals surface area contributed by atoms with Crippen molar-refractivity contribution >= 4 is 14.2 Å². The first-order valence-corrected chi connectivity index (χ1v) is 5.79. The van der Waals surface area contributed by atoms with Crippen LogP contribution in [-0.4, -0.2) is 69.3 Å². The molecule has 0 saturated carbocycles. The Morgan fingerprint density at radius 2 is 1.93 bits per heavy atom. The Labute approximate surface area is 87.8 Å². The van der Waals surface area contributed by atoms with Gasteiger partial charge in [-0.3, -0.25) is 4.79 Å². The summed E-state index contributed by atoms with van der Waals surface area (Å²) in [4.78, 5) is 19.5. The monoisotopic (exact) mass is 242 g/mol. The van der Waals surface area contributed by atoms with Gasteiger partial charge in [0, 0.05) is 6.66 Å². The highest BCUT2D eigenvalue weighted by Gasteiger charge is 2.29. The first kappa shape index (κ1) is 14.9. The molecule has 0 aromatic heterocycles. The molecule has 15 heavy (non-hydrogen) atoms. The first-order chi connectivity index (χ1) is 6.90. The number of aliphatic hydroxyl groups is 4. The second-order valence-corrected chi connectivity index (χ2v) is 4.07. The van der Waals surface area contributed by atoms with Crippen LogP contribution in [0.1, 0.15) is 0 Å². The summed E-state index contributed by atoms with van der Waals surface area (Å²) in [5.74, 6) is -0.996. The van der Waals surface area contributed by atoms with E-state index in [0.717, 1.165) is 0 Å². The van der Waals surface area contributed by atoms with Crippen LogP contribution >= 0.6 is 8.38 Å². The van der Waals surface area contributed by atoms with Gasteiger partial charge in [0.2, 0.25) is 0 Å². The molecular formula is C7H15O7P. The standard InChI is InChI=1S/C7H15O7P/c1-15(13)14-3-5(10)7(12)6(11)4(9)2-8/h5-8,10-13H,2-3H2,1H3/t5-,6-,7+,15?/m1/s1. The van der Waals surface area contributed by atoms with Crippen LogP contribution in [0.3, 0.4) is 0 Å². The maximum Gasteiger partial charge on any atom is 0.189 e. The Kier molecular flexibility index (Phi) is 7.12. The fraction of sp³-hybridized carbons (Fsp3) is 0.857. The minimum atomic E-state index is -1.87. The largest absolute Gasteiger partial charge is 0.388 e. The summed E-state index contributed by atoms with van der Waals surface area (Å²) >= 11 is 0. The van der Waals surface area contributed by atoms with Gasteiger partial charge in [0.25, 0.3) is 0 Å². The minimum absolute atomic E-state index is 0.407. The van der Waals surface area contributed by atoms with E-state index in [0.29, 0.717) is 0 Å². The average Bonchev–Trinajstić information content (AvgIpc) is 2.22. The van der Waals surface area contributed by atoms with Crippen molar-refractivity contribution in [1.29, 1.82) is 0 Å². The zero-order chi connectivity index (χ0) is 12.0. The van der Waals surface area contributed by atoms with Gasteiger partial charge in [0.05, 0.1) is 6.61 Å². The quantitative estimate of drug-likeness (QED) is 0.314. The van der Waals surface area contributed by atoms with Crippen molar-refractivity contribution in [3.63, 3.8) is 0 Å². The molecule has 0 rings (SSSR count). The predicted octanol–water partition coefficient (Wildman–Crippen LogP) is -2.42. The fourth-order valence-electron chi connectivity index (χ4n) is 0.777. The van der Waals surface area contributed by atoms with E-state index in [1.54, 1.807) is 0 Å². The van der Waals surface area contributed by atoms with Crippen molar-refractivity contribution in [2.24, 2.45) is 0 Å². The van der Waals surface area contributed by atoms with Gasteiger partial charge in [-0.25, -0.2) is 0 Å². The fourth-order valence-corrected chi connectivity index (χ4v) is 1.15. The van der Waals surface area contributed by atoms with Crippen LogP contribution in [0.5, 0.6) is 0 Å². The molecule has 0 aliphatic rings. The van der Waals surface area contributed by atoms with Crippen LogP contribution in [0.2, 0.25) is 0 Å². The second kappa shape index (κ2) is 7.19. The van der Waals surface area contributed by atoms with E-state index in [-0.39, 0.29) is 0 Å². The third-order valence-corrected chi connectivity index (χ3v) is 2.16. The number of carbonyl (C=O) groups excluding carboxylic acids is 1. The van der Waals surface area contributed by atoms with Gasteiger partial charge in [-0.1, -0.05) is 0 Å². The zero-order valence-corrected chi connectivity index (χ0v) is 9.04. The first-order valence-electron chi connectivity index (χ1n) is 4.13. The Morgan fingerprint density at radius 3 is 2.33 bits per heavy atom. The average molecular weight is 242 g/mol. The molecule has 0 heterocycles. The van der Waals surface area contributed by atoms with Gasteiger partial charge in [0.1, 0.15) is 24.9 Å². The lowest BCUT2D eigenvalue weighted by atomic mass is 10.1. The molecule has 1 unspecified atom stereocenters. The molecule has 8 heteroatoms. The summed E-state index contributed by atoms with van der Waals surface area (Å²) < 4.78 is 4.61. The van der Waals surface area contributed by atoms with E-state index in [1.165, 1.54) is 6.66 Å². The lowest BCUT2D eigenvalue weighted by Gasteiger charge is -2.21. The zero-order valence-electron chi connectivity index (χ0n) is 8.15. The molecule has 0 aromatic carbocycles. The maximum absolute atomic E-state index is 10.7. The molecule has 90 valence electrons. The van der Waals surface area contributed by atoms with Crippen LogP contribution in [0.25, 0.3) is 0 Å². The normalized spacial score (nSPS) is 19.3. The molecule has 4 atom stereocenters. The molecule has 0 fully saturated rings. The van der Waals surface area contributed by atoms with Crippen LogP contribution in [0, 0.1) is 0 Å². The number of ketones is 1. The van der Waals surface area contributed by atoms with E-state index >= 15 is 0 Å². The molecule has 0 saturated heterocycles. The maximum atomic E-state index is 10.7. The number of hydrogen-bond acceptors (Lipinski definition) is 7. The topological polar surface area (TPSA) is 127 Å². The van der Waals surface area contributed by atoms with Crippen molar-refractivity contribution in [2.45, 2.75) is 18.3 Å². The van der Waals surface area contributed by atoms with Gasteiger partial charge >= 0.3 is 0 Å². The van der Waals surface area contributed by atoms with Gasteiger partial charge in [0.15, 0.2) is 14.2 Å². The van der Waals surface area contributed by atoms with Crippen LogP contribution in [0.4, 0.5) is 0 Å². The molecule has 0 amide bonds. The number of hydrogen-bond donors (Lipinski definition) is 5. The molecule has 0 radical (unpaired) electrons. The summed E-state index contributed by atoms with van der Waals surface area (Å²) in [5, 5.41) is 35.9. The van der Waals surface area contributed by atoms with E-state index in [4.69, 9.17) is 15.1 Å². The second-order valence-electron chi connectivity index (χ2n) is 2.89. The molecule has 0 aliphatic carbocycles. The van der Waals surface area contributed by atoms with E-state index < -0.39 is 45.7 Å². The van der Waals surface area contributed by atoms with Crippen LogP contribution in [-0.2, 0) is 9.32 Å². The van der Waals surface area contributed by atoms with Crippen molar-refractivity contribution in [3.8, 4) is 0 Å². The Morgan fingerprint density at radius 1 is 1.40 bits per heavy atom. The van der Waals surface area contributed by atoms with Gasteiger partial charge in [-0.2, -0.15) is 0 Å². The van der Waals surface area contributed by atoms with Gasteiger partial charge in [-0.05, 0) is 0 Å². The third kappa shape index (κ3) is 5.48. The molecule has 0 bridgehead atoms. The smallest absolute Gasteiger partial charge is 0.189 e. The van der Waals surface area contributed by atoms with Crippen LogP contribution < -0.4 is 0 Å². The van der Waals surface area contributed by atoms with Crippen molar-refractivity contribution < 1.29 is 34.6 Å². The van der Waals surface area contributed by atoms with Crippen molar-refractivity contribution in [2.75, 3.05) is 19.9 Å². The number of carbonyl (C=O) groups is 1. The molecule has 0 aliphatic heterocycles. The number of Topliss-reactive ketones (excluding diaryl/α,β-unsaturated/α-hetero) is 1. The highest BCUT2D eigenvalue weighted by molar-refractivity contribution is 7.45. The van der Waals surface area contributed by atoms with E-state index in [1.807, 2.05) is 0 Å². The number of aliphatic hydroxyl groups excluding tert-OH is 4. The molecular weight excluding hydrogens is 227 g/mol. The Hall–Kier alpha value is -0.140. The van der Waals surface area contributed by atoms with Crippen LogP contribution in [0.15, 0.2) is 0 Å². The summed E-state index contributed by atoms with van der Waals surface area (Å²) in [5.41, 5.74) is 0. The summed E-state index contributed by atoms with van der Waals surface area (Å²) in [7, 11) is -1.68. The van der Waals surface area contributed by atoms with E-state index in [2.05, 4.69) is 4.52 Å². The van der Waals surface area contributed by atoms with Crippen molar-refractivity contribution in [3.05, 3.63) is 0 Å². The van der Waals surface area contributed by atoms with Gasteiger partial charge in [-0.15, -0.1) is 0 Å². The summed E-state index contributed by atoms with van der Waals surface area (Å²) in [6.45, 7) is 0.0334. The minimum Gasteiger partial charge on any atom is -0.388 e. The third-order valence-electron chi connectivity index (χ3n) is 1.64. The van der Waals surface area contributed by atoms with Gasteiger partial charge < -0.3 is 29.8 Å². The highest BCUT2D eigenvalue weighted by Crippen LogP contribution is 2.25. The summed E-state index contributed by atoms with van der Waals surface area (Å²) in [6, 6.07) is 0.